The number of hydrogen-bond acceptors (Lipinski definition) is 5. The second-order valence-corrected chi connectivity index (χ2v) is 8.85. The van der Waals surface area contributed by atoms with Crippen LogP contribution in [0, 0.1) is 6.92 Å². The van der Waals surface area contributed by atoms with E-state index in [1.807, 2.05) is 42.5 Å². The average molecular weight is 458 g/mol. The predicted molar refractivity (Wildman–Crippen MR) is 139 cm³/mol. The lowest BCUT2D eigenvalue weighted by Gasteiger charge is -2.34. The molecular formula is C28H35N5O. The van der Waals surface area contributed by atoms with E-state index in [9.17, 15) is 4.79 Å². The fraction of sp³-hybridized carbons (Fsp3) is 0.357. The first-order valence-electron chi connectivity index (χ1n) is 12.2. The third kappa shape index (κ3) is 6.43. The highest BCUT2D eigenvalue weighted by atomic mass is 16.2. The number of likely N-dealkylation sites (N-methyl/N-ethyl adjacent to an activating group) is 1. The number of pyridine rings is 1. The van der Waals surface area contributed by atoms with Gasteiger partial charge in [-0.15, -0.1) is 0 Å². The van der Waals surface area contributed by atoms with Gasteiger partial charge in [-0.1, -0.05) is 67.1 Å². The monoisotopic (exact) mass is 457 g/mol. The summed E-state index contributed by atoms with van der Waals surface area (Å²) in [5.41, 5.74) is 4.16. The van der Waals surface area contributed by atoms with E-state index in [2.05, 4.69) is 63.5 Å². The molecule has 3 aromatic rings. The zero-order valence-electron chi connectivity index (χ0n) is 20.2. The fourth-order valence-corrected chi connectivity index (χ4v) is 4.28. The number of anilines is 2. The summed E-state index contributed by atoms with van der Waals surface area (Å²) in [6, 6.07) is 21.9. The molecule has 1 aromatic heterocycles. The number of aromatic nitrogens is 1. The molecule has 0 spiro atoms. The van der Waals surface area contributed by atoms with Gasteiger partial charge in [0.2, 0.25) is 5.91 Å². The van der Waals surface area contributed by atoms with Crippen molar-refractivity contribution in [3.05, 3.63) is 89.6 Å². The highest BCUT2D eigenvalue weighted by Crippen LogP contribution is 2.19. The minimum atomic E-state index is -0.437. The van der Waals surface area contributed by atoms with Gasteiger partial charge in [0.25, 0.3) is 0 Å². The maximum absolute atomic E-state index is 13.2. The third-order valence-corrected chi connectivity index (χ3v) is 6.44. The number of rotatable bonds is 9. The van der Waals surface area contributed by atoms with Crippen LogP contribution < -0.4 is 15.5 Å². The average Bonchev–Trinajstić information content (AvgIpc) is 2.88. The minimum absolute atomic E-state index is 0.0822. The third-order valence-electron chi connectivity index (χ3n) is 6.44. The number of aryl methyl sites for hydroxylation is 1. The van der Waals surface area contributed by atoms with Gasteiger partial charge < -0.3 is 20.4 Å². The van der Waals surface area contributed by atoms with Crippen LogP contribution in [0.2, 0.25) is 0 Å². The Kier molecular flexibility index (Phi) is 8.28. The van der Waals surface area contributed by atoms with Crippen molar-refractivity contribution in [2.75, 3.05) is 49.5 Å². The van der Waals surface area contributed by atoms with Gasteiger partial charge >= 0.3 is 0 Å². The number of carbonyl (C=O) groups is 1. The van der Waals surface area contributed by atoms with Crippen LogP contribution in [0.15, 0.2) is 72.9 Å². The molecule has 2 N–H and O–H groups in total. The lowest BCUT2D eigenvalue weighted by Crippen LogP contribution is -2.46. The maximum atomic E-state index is 13.2. The van der Waals surface area contributed by atoms with Crippen molar-refractivity contribution >= 4 is 17.4 Å². The predicted octanol–water partition coefficient (Wildman–Crippen LogP) is 4.04. The van der Waals surface area contributed by atoms with Gasteiger partial charge in [0, 0.05) is 32.7 Å². The molecule has 1 amide bonds. The first-order chi connectivity index (χ1) is 16.6. The van der Waals surface area contributed by atoms with E-state index >= 15 is 0 Å². The molecule has 2 aromatic carbocycles. The maximum Gasteiger partial charge on any atom is 0.246 e. The molecule has 34 heavy (non-hydrogen) atoms. The van der Waals surface area contributed by atoms with Crippen LogP contribution in [-0.2, 0) is 11.2 Å². The molecule has 0 saturated carbocycles. The fourth-order valence-electron chi connectivity index (χ4n) is 4.28. The molecule has 0 aliphatic carbocycles. The summed E-state index contributed by atoms with van der Waals surface area (Å²) in [7, 11) is 0. The molecule has 0 bridgehead atoms. The molecule has 0 unspecified atom stereocenters. The Labute approximate surface area is 203 Å². The van der Waals surface area contributed by atoms with Crippen LogP contribution in [0.4, 0.5) is 11.5 Å². The normalized spacial score (nSPS) is 15.2. The van der Waals surface area contributed by atoms with Crippen molar-refractivity contribution in [3.63, 3.8) is 0 Å². The molecule has 1 aliphatic rings. The van der Waals surface area contributed by atoms with Crippen molar-refractivity contribution < 1.29 is 4.79 Å². The van der Waals surface area contributed by atoms with Crippen LogP contribution in [0.3, 0.4) is 0 Å². The number of nitrogens with zero attached hydrogens (tertiary/aromatic N) is 3. The summed E-state index contributed by atoms with van der Waals surface area (Å²) in [4.78, 5) is 22.6. The second kappa shape index (κ2) is 11.8. The molecule has 1 saturated heterocycles. The molecule has 2 heterocycles. The highest BCUT2D eigenvalue weighted by Gasteiger charge is 2.21. The largest absolute Gasteiger partial charge is 0.354 e. The number of amides is 1. The first kappa shape index (κ1) is 23.9. The Morgan fingerprint density at radius 2 is 1.71 bits per heavy atom. The minimum Gasteiger partial charge on any atom is -0.354 e. The Bertz CT molecular complexity index is 1030. The van der Waals surface area contributed by atoms with E-state index in [4.69, 9.17) is 0 Å². The summed E-state index contributed by atoms with van der Waals surface area (Å²) >= 11 is 0. The van der Waals surface area contributed by atoms with Crippen molar-refractivity contribution in [2.24, 2.45) is 0 Å². The van der Waals surface area contributed by atoms with Crippen molar-refractivity contribution in [2.45, 2.75) is 26.3 Å². The van der Waals surface area contributed by atoms with E-state index in [1.165, 1.54) is 11.1 Å². The zero-order valence-corrected chi connectivity index (χ0v) is 20.2. The smallest absolute Gasteiger partial charge is 0.246 e. The van der Waals surface area contributed by atoms with E-state index in [0.717, 1.165) is 50.5 Å². The zero-order chi connectivity index (χ0) is 23.8. The number of hydrogen-bond donors (Lipinski definition) is 2. The highest BCUT2D eigenvalue weighted by molar-refractivity contribution is 5.95. The first-order valence-corrected chi connectivity index (χ1v) is 12.2. The summed E-state index contributed by atoms with van der Waals surface area (Å²) in [5, 5.41) is 6.50. The van der Waals surface area contributed by atoms with Crippen LogP contribution in [0.1, 0.15) is 29.7 Å². The molecule has 1 atom stereocenters. The van der Waals surface area contributed by atoms with Gasteiger partial charge in [-0.05, 0) is 43.1 Å². The van der Waals surface area contributed by atoms with Gasteiger partial charge in [-0.2, -0.15) is 0 Å². The molecule has 1 fully saturated rings. The summed E-state index contributed by atoms with van der Waals surface area (Å²) in [6.07, 6.45) is 2.62. The number of piperazine rings is 1. The van der Waals surface area contributed by atoms with Crippen LogP contribution in [0.25, 0.3) is 0 Å². The lowest BCUT2D eigenvalue weighted by atomic mass is 10.0. The van der Waals surface area contributed by atoms with Gasteiger partial charge in [0.05, 0.1) is 11.9 Å². The number of benzene rings is 2. The van der Waals surface area contributed by atoms with Crippen molar-refractivity contribution in [3.8, 4) is 0 Å². The Morgan fingerprint density at radius 3 is 2.35 bits per heavy atom. The standard InChI is InChI=1S/C28H35N5O/c1-3-32-17-19-33(20-18-32)26-14-13-25(21-30-26)31-28(34)27(24-7-5-4-6-8-24)29-16-15-23-11-9-22(2)10-12-23/h4-14,21,27,29H,3,15-20H2,1-2H3,(H,31,34)/t27-/m0/s1. The molecule has 1 aliphatic heterocycles. The van der Waals surface area contributed by atoms with Crippen LogP contribution >= 0.6 is 0 Å². The van der Waals surface area contributed by atoms with E-state index in [1.54, 1.807) is 6.20 Å². The molecule has 4 rings (SSSR count). The topological polar surface area (TPSA) is 60.5 Å². The van der Waals surface area contributed by atoms with Crippen molar-refractivity contribution in [1.29, 1.82) is 0 Å². The van der Waals surface area contributed by atoms with Crippen molar-refractivity contribution in [1.82, 2.24) is 15.2 Å². The van der Waals surface area contributed by atoms with E-state index < -0.39 is 6.04 Å². The molecular weight excluding hydrogens is 422 g/mol. The van der Waals surface area contributed by atoms with Gasteiger partial charge in [-0.25, -0.2) is 4.98 Å². The molecule has 6 nitrogen and oxygen atoms in total. The van der Waals surface area contributed by atoms with Gasteiger partial charge in [-0.3, -0.25) is 4.79 Å². The van der Waals surface area contributed by atoms with E-state index in [0.29, 0.717) is 12.2 Å². The number of nitrogens with one attached hydrogen (secondary N) is 2. The Hall–Kier alpha value is -3.22. The molecule has 6 heteroatoms. The van der Waals surface area contributed by atoms with Gasteiger partial charge in [0.15, 0.2) is 0 Å². The quantitative estimate of drug-likeness (QED) is 0.508. The van der Waals surface area contributed by atoms with Crippen LogP contribution in [-0.4, -0.2) is 55.1 Å². The van der Waals surface area contributed by atoms with Gasteiger partial charge in [0.1, 0.15) is 11.9 Å². The Morgan fingerprint density at radius 1 is 0.971 bits per heavy atom. The van der Waals surface area contributed by atoms with E-state index in [-0.39, 0.29) is 5.91 Å². The summed E-state index contributed by atoms with van der Waals surface area (Å²) < 4.78 is 0. The van der Waals surface area contributed by atoms with Crippen LogP contribution in [0.5, 0.6) is 0 Å². The Balaban J connectivity index is 1.37. The number of carbonyl (C=O) groups excluding carboxylic acids is 1. The SMILES string of the molecule is CCN1CCN(c2ccc(NC(=O)[C@@H](NCCc3ccc(C)cc3)c3ccccc3)cn2)CC1. The second-order valence-electron chi connectivity index (χ2n) is 8.85. The summed E-state index contributed by atoms with van der Waals surface area (Å²) in [6.45, 7) is 10.2. The summed E-state index contributed by atoms with van der Waals surface area (Å²) in [5.74, 6) is 0.880. The lowest BCUT2D eigenvalue weighted by molar-refractivity contribution is -0.118. The molecule has 0 radical (unpaired) electrons. The molecule has 178 valence electrons.